The Bertz CT molecular complexity index is 318. The number of methoxy groups -OCH3 is 1. The summed E-state index contributed by atoms with van der Waals surface area (Å²) in [5.41, 5.74) is 2.45. The quantitative estimate of drug-likeness (QED) is 0.646. The molecule has 0 unspecified atom stereocenters. The fraction of sp³-hybridized carbons (Fsp3) is 0.643. The van der Waals surface area contributed by atoms with Crippen molar-refractivity contribution in [3.05, 3.63) is 29.6 Å². The number of hydrogen-bond acceptors (Lipinski definition) is 4. The number of ether oxygens (including phenoxy) is 2. The molecule has 0 saturated carbocycles. The van der Waals surface area contributed by atoms with Crippen LogP contribution in [0.1, 0.15) is 24.0 Å². The molecule has 1 rings (SSSR count). The third-order valence-corrected chi connectivity index (χ3v) is 2.58. The largest absolute Gasteiger partial charge is 0.382 e. The Hall–Kier alpha value is -0.970. The molecular weight excluding hydrogens is 228 g/mol. The first-order valence-corrected chi connectivity index (χ1v) is 6.51. The molecule has 0 amide bonds. The lowest BCUT2D eigenvalue weighted by Gasteiger charge is -2.06. The molecule has 0 atom stereocenters. The van der Waals surface area contributed by atoms with E-state index in [-0.39, 0.29) is 0 Å². The van der Waals surface area contributed by atoms with E-state index in [9.17, 15) is 0 Å². The Morgan fingerprint density at radius 2 is 2.06 bits per heavy atom. The van der Waals surface area contributed by atoms with Gasteiger partial charge in [-0.05, 0) is 37.4 Å². The number of aryl methyl sites for hydroxylation is 1. The molecule has 0 spiro atoms. The highest BCUT2D eigenvalue weighted by Crippen LogP contribution is 2.00. The smallest absolute Gasteiger partial charge is 0.0700 e. The van der Waals surface area contributed by atoms with Crippen molar-refractivity contribution in [1.29, 1.82) is 0 Å². The second kappa shape index (κ2) is 10.00. The van der Waals surface area contributed by atoms with Gasteiger partial charge in [-0.25, -0.2) is 0 Å². The summed E-state index contributed by atoms with van der Waals surface area (Å²) in [5.74, 6) is 0. The van der Waals surface area contributed by atoms with Crippen LogP contribution in [0.2, 0.25) is 0 Å². The maximum absolute atomic E-state index is 5.39. The maximum Gasteiger partial charge on any atom is 0.0700 e. The minimum Gasteiger partial charge on any atom is -0.382 e. The van der Waals surface area contributed by atoms with Crippen LogP contribution in [0.5, 0.6) is 0 Å². The van der Waals surface area contributed by atoms with Crippen molar-refractivity contribution >= 4 is 0 Å². The van der Waals surface area contributed by atoms with Gasteiger partial charge in [-0.3, -0.25) is 4.98 Å². The first-order valence-electron chi connectivity index (χ1n) is 6.51. The third kappa shape index (κ3) is 7.37. The van der Waals surface area contributed by atoms with E-state index < -0.39 is 0 Å². The van der Waals surface area contributed by atoms with E-state index in [4.69, 9.17) is 9.47 Å². The molecule has 0 aliphatic carbocycles. The summed E-state index contributed by atoms with van der Waals surface area (Å²) in [4.78, 5) is 4.17. The lowest BCUT2D eigenvalue weighted by molar-refractivity contribution is 0.0688. The van der Waals surface area contributed by atoms with Gasteiger partial charge in [0.05, 0.1) is 13.2 Å². The average Bonchev–Trinajstić information content (AvgIpc) is 2.37. The average molecular weight is 252 g/mol. The van der Waals surface area contributed by atoms with Crippen molar-refractivity contribution < 1.29 is 9.47 Å². The molecule has 1 aromatic heterocycles. The number of unbranched alkanes of at least 4 members (excludes halogenated alkanes) is 1. The van der Waals surface area contributed by atoms with Gasteiger partial charge < -0.3 is 14.8 Å². The Balaban J connectivity index is 1.92. The molecule has 0 bridgehead atoms. The van der Waals surface area contributed by atoms with Gasteiger partial charge in [-0.15, -0.1) is 0 Å². The van der Waals surface area contributed by atoms with E-state index in [0.29, 0.717) is 13.2 Å². The first-order chi connectivity index (χ1) is 8.83. The van der Waals surface area contributed by atoms with Gasteiger partial charge >= 0.3 is 0 Å². The number of aromatic nitrogens is 1. The van der Waals surface area contributed by atoms with Crippen molar-refractivity contribution in [2.45, 2.75) is 26.3 Å². The van der Waals surface area contributed by atoms with E-state index in [1.165, 1.54) is 11.1 Å². The Labute approximate surface area is 110 Å². The molecule has 0 aromatic carbocycles. The van der Waals surface area contributed by atoms with Crippen molar-refractivity contribution in [3.8, 4) is 0 Å². The second-order valence-electron chi connectivity index (χ2n) is 4.36. The fourth-order valence-electron chi connectivity index (χ4n) is 1.65. The molecule has 1 aromatic rings. The van der Waals surface area contributed by atoms with Crippen molar-refractivity contribution in [3.63, 3.8) is 0 Å². The predicted molar refractivity (Wildman–Crippen MR) is 72.6 cm³/mol. The fourth-order valence-corrected chi connectivity index (χ4v) is 1.65. The van der Waals surface area contributed by atoms with Crippen LogP contribution in [-0.2, 0) is 16.0 Å². The summed E-state index contributed by atoms with van der Waals surface area (Å²) in [6.07, 6.45) is 6.00. The summed E-state index contributed by atoms with van der Waals surface area (Å²) in [6.45, 7) is 6.16. The van der Waals surface area contributed by atoms with Gasteiger partial charge in [0.2, 0.25) is 0 Å². The molecule has 1 heterocycles. The number of nitrogens with one attached hydrogen (secondary N) is 1. The van der Waals surface area contributed by atoms with E-state index in [0.717, 1.165) is 32.5 Å². The highest BCUT2D eigenvalue weighted by Gasteiger charge is 1.94. The summed E-state index contributed by atoms with van der Waals surface area (Å²) in [6, 6.07) is 2.16. The minimum absolute atomic E-state index is 0.679. The monoisotopic (exact) mass is 252 g/mol. The second-order valence-corrected chi connectivity index (χ2v) is 4.36. The van der Waals surface area contributed by atoms with Crippen molar-refractivity contribution in [2.75, 3.05) is 33.5 Å². The molecule has 0 radical (unpaired) electrons. The standard InChI is InChI=1S/C14H24N2O2/c1-13-9-14(12-16-10-13)11-15-5-3-4-6-18-8-7-17-2/h9-10,12,15H,3-8,11H2,1-2H3. The predicted octanol–water partition coefficient (Wildman–Crippen LogP) is 1.92. The minimum atomic E-state index is 0.679. The molecule has 18 heavy (non-hydrogen) atoms. The molecule has 0 fully saturated rings. The number of hydrogen-bond donors (Lipinski definition) is 1. The van der Waals surface area contributed by atoms with Crippen LogP contribution in [0.3, 0.4) is 0 Å². The Morgan fingerprint density at radius 1 is 1.17 bits per heavy atom. The summed E-state index contributed by atoms with van der Waals surface area (Å²) in [7, 11) is 1.69. The number of rotatable bonds is 10. The number of pyridine rings is 1. The zero-order chi connectivity index (χ0) is 13.1. The van der Waals surface area contributed by atoms with Gasteiger partial charge in [0.25, 0.3) is 0 Å². The van der Waals surface area contributed by atoms with Crippen LogP contribution < -0.4 is 5.32 Å². The van der Waals surface area contributed by atoms with E-state index in [2.05, 4.69) is 23.3 Å². The summed E-state index contributed by atoms with van der Waals surface area (Å²) in [5, 5.41) is 3.41. The first kappa shape index (κ1) is 15.1. The third-order valence-electron chi connectivity index (χ3n) is 2.58. The summed E-state index contributed by atoms with van der Waals surface area (Å²) >= 11 is 0. The molecule has 4 nitrogen and oxygen atoms in total. The zero-order valence-electron chi connectivity index (χ0n) is 11.4. The van der Waals surface area contributed by atoms with Crippen LogP contribution in [0.4, 0.5) is 0 Å². The summed E-state index contributed by atoms with van der Waals surface area (Å²) < 4.78 is 10.3. The highest BCUT2D eigenvalue weighted by molar-refractivity contribution is 5.16. The normalized spacial score (nSPS) is 10.8. The molecule has 0 aliphatic heterocycles. The van der Waals surface area contributed by atoms with Gasteiger partial charge in [-0.1, -0.05) is 6.07 Å². The van der Waals surface area contributed by atoms with Crippen LogP contribution in [-0.4, -0.2) is 38.5 Å². The SMILES string of the molecule is COCCOCCCCNCc1cncc(C)c1. The zero-order valence-corrected chi connectivity index (χ0v) is 11.4. The van der Waals surface area contributed by atoms with Gasteiger partial charge in [0, 0.05) is 32.7 Å². The highest BCUT2D eigenvalue weighted by atomic mass is 16.5. The van der Waals surface area contributed by atoms with Gasteiger partial charge in [-0.2, -0.15) is 0 Å². The lowest BCUT2D eigenvalue weighted by Crippen LogP contribution is -2.15. The topological polar surface area (TPSA) is 43.4 Å². The molecule has 102 valence electrons. The van der Waals surface area contributed by atoms with Gasteiger partial charge in [0.1, 0.15) is 0 Å². The molecule has 0 aliphatic rings. The van der Waals surface area contributed by atoms with Crippen LogP contribution in [0, 0.1) is 6.92 Å². The van der Waals surface area contributed by atoms with Gasteiger partial charge in [0.15, 0.2) is 0 Å². The number of nitrogens with zero attached hydrogens (tertiary/aromatic N) is 1. The Morgan fingerprint density at radius 3 is 2.83 bits per heavy atom. The maximum atomic E-state index is 5.39. The van der Waals surface area contributed by atoms with E-state index >= 15 is 0 Å². The van der Waals surface area contributed by atoms with E-state index in [1.807, 2.05) is 12.4 Å². The van der Waals surface area contributed by atoms with Crippen molar-refractivity contribution in [1.82, 2.24) is 10.3 Å². The van der Waals surface area contributed by atoms with Crippen LogP contribution in [0.25, 0.3) is 0 Å². The molecule has 1 N–H and O–H groups in total. The Kier molecular flexibility index (Phi) is 8.38. The molecule has 0 saturated heterocycles. The lowest BCUT2D eigenvalue weighted by atomic mass is 10.2. The van der Waals surface area contributed by atoms with Crippen LogP contribution >= 0.6 is 0 Å². The van der Waals surface area contributed by atoms with Crippen LogP contribution in [0.15, 0.2) is 18.5 Å². The molecule has 4 heteroatoms. The van der Waals surface area contributed by atoms with Crippen molar-refractivity contribution in [2.24, 2.45) is 0 Å². The molecular formula is C14H24N2O2. The van der Waals surface area contributed by atoms with E-state index in [1.54, 1.807) is 7.11 Å².